The summed E-state index contributed by atoms with van der Waals surface area (Å²) in [7, 11) is 0. The SMILES string of the molecule is CC(C)(C)c1cc2c3c(c1)N(c1ccc4c(c1-c1ccccc1)C(C)(C)CC4(C)C)c1cc4c(cc1B3c1cc3c(cc1N2c1ccc(C(C)(C)C)c(-c2ccccc2)c1)C(C)(C)CC3(C)C)C(C)(C)c1ccccc1C4(C)C. The van der Waals surface area contributed by atoms with Crippen molar-refractivity contribution in [3.05, 3.63) is 207 Å². The molecular formula is C76H83BN2. The molecule has 400 valence electrons. The molecule has 0 atom stereocenters. The first-order chi connectivity index (χ1) is 36.9. The fourth-order valence-electron chi connectivity index (χ4n) is 16.8. The fraction of sp³-hybridized carbons (Fsp3) is 0.368. The van der Waals surface area contributed by atoms with Crippen molar-refractivity contribution >= 4 is 57.2 Å². The van der Waals surface area contributed by atoms with Crippen molar-refractivity contribution in [1.82, 2.24) is 0 Å². The molecule has 13 rings (SSSR count). The lowest BCUT2D eigenvalue weighted by Gasteiger charge is -2.49. The topological polar surface area (TPSA) is 6.48 Å². The maximum atomic E-state index is 2.79. The second kappa shape index (κ2) is 16.5. The predicted molar refractivity (Wildman–Crippen MR) is 341 cm³/mol. The van der Waals surface area contributed by atoms with Gasteiger partial charge in [0, 0.05) is 44.8 Å². The van der Waals surface area contributed by atoms with E-state index in [1.807, 2.05) is 0 Å². The van der Waals surface area contributed by atoms with Crippen molar-refractivity contribution in [3.63, 3.8) is 0 Å². The van der Waals surface area contributed by atoms with Gasteiger partial charge in [-0.25, -0.2) is 0 Å². The standard InChI is InChI=1S/C76H83BN2/c1-69(2,3)48-37-64-68-65(38-48)79(61-36-35-54-67(74(13,14)45-71(54,7)8)66(61)47-29-23-20-24-30-47)63-43-58-57(75(15,16)52-31-25-26-32-53(52)76(58,17)18)41-60(63)77(68)59-40-55-56(73(11,12)44-72(55,9)10)42-62(59)78(64)49-33-34-51(70(4,5)6)50(39-49)46-27-21-19-22-28-46/h19-43H,44-45H2,1-18H3. The molecule has 3 aliphatic carbocycles. The molecule has 0 spiro atoms. The van der Waals surface area contributed by atoms with Crippen LogP contribution in [0.4, 0.5) is 34.1 Å². The lowest BCUT2D eigenvalue weighted by molar-refractivity contribution is 0.403. The molecule has 0 fully saturated rings. The van der Waals surface area contributed by atoms with Gasteiger partial charge < -0.3 is 9.80 Å². The molecule has 0 aromatic heterocycles. The predicted octanol–water partition coefficient (Wildman–Crippen LogP) is 18.6. The van der Waals surface area contributed by atoms with Crippen molar-refractivity contribution in [2.24, 2.45) is 0 Å². The van der Waals surface area contributed by atoms with E-state index in [0.29, 0.717) is 0 Å². The molecule has 2 heterocycles. The van der Waals surface area contributed by atoms with Crippen molar-refractivity contribution in [2.75, 3.05) is 9.80 Å². The Balaban J connectivity index is 1.22. The lowest BCUT2D eigenvalue weighted by atomic mass is 9.32. The van der Waals surface area contributed by atoms with Crippen LogP contribution in [0.25, 0.3) is 22.3 Å². The average Bonchev–Trinajstić information content (AvgIpc) is 2.30. The maximum absolute atomic E-state index is 2.79. The highest BCUT2D eigenvalue weighted by molar-refractivity contribution is 7.00. The average molecular weight is 1040 g/mol. The number of nitrogens with zero attached hydrogens (tertiary/aromatic N) is 2. The number of hydrogen-bond donors (Lipinski definition) is 0. The summed E-state index contributed by atoms with van der Waals surface area (Å²) in [6.07, 6.45) is 2.19. The van der Waals surface area contributed by atoms with Crippen LogP contribution in [0.5, 0.6) is 0 Å². The molecule has 0 bridgehead atoms. The molecular weight excluding hydrogens is 952 g/mol. The summed E-state index contributed by atoms with van der Waals surface area (Å²) in [5.41, 5.74) is 30.5. The third kappa shape index (κ3) is 7.49. The highest BCUT2D eigenvalue weighted by Gasteiger charge is 2.52. The van der Waals surface area contributed by atoms with Gasteiger partial charge in [-0.2, -0.15) is 0 Å². The number of benzene rings is 8. The third-order valence-corrected chi connectivity index (χ3v) is 20.1. The molecule has 3 heteroatoms. The van der Waals surface area contributed by atoms with E-state index >= 15 is 0 Å². The molecule has 0 radical (unpaired) electrons. The Kier molecular flexibility index (Phi) is 10.8. The largest absolute Gasteiger partial charge is 0.311 e. The summed E-state index contributed by atoms with van der Waals surface area (Å²) in [6.45, 7) is 44.1. The Morgan fingerprint density at radius 3 is 1.44 bits per heavy atom. The molecule has 5 aliphatic rings. The van der Waals surface area contributed by atoms with Gasteiger partial charge in [-0.05, 0) is 177 Å². The highest BCUT2D eigenvalue weighted by atomic mass is 15.2. The molecule has 0 saturated heterocycles. The van der Waals surface area contributed by atoms with Gasteiger partial charge in [0.1, 0.15) is 0 Å². The fourth-order valence-corrected chi connectivity index (χ4v) is 16.8. The Morgan fingerprint density at radius 1 is 0.380 bits per heavy atom. The van der Waals surface area contributed by atoms with Crippen LogP contribution in [0, 0.1) is 0 Å². The molecule has 0 unspecified atom stereocenters. The van der Waals surface area contributed by atoms with Gasteiger partial charge in [-0.15, -0.1) is 0 Å². The molecule has 79 heavy (non-hydrogen) atoms. The van der Waals surface area contributed by atoms with E-state index in [1.54, 1.807) is 0 Å². The van der Waals surface area contributed by atoms with Crippen LogP contribution in [0.2, 0.25) is 0 Å². The lowest BCUT2D eigenvalue weighted by Crippen LogP contribution is -2.62. The number of fused-ring (bicyclic) bond motifs is 8. The smallest absolute Gasteiger partial charge is 0.252 e. The van der Waals surface area contributed by atoms with Crippen LogP contribution in [-0.4, -0.2) is 6.71 Å². The van der Waals surface area contributed by atoms with Crippen LogP contribution in [0.1, 0.15) is 193 Å². The molecule has 2 aliphatic heterocycles. The molecule has 2 nitrogen and oxygen atoms in total. The summed E-state index contributed by atoms with van der Waals surface area (Å²) in [5.74, 6) is 0. The van der Waals surface area contributed by atoms with Crippen molar-refractivity contribution in [2.45, 2.75) is 181 Å². The quantitative estimate of drug-likeness (QED) is 0.162. The first kappa shape index (κ1) is 51.8. The minimum Gasteiger partial charge on any atom is -0.311 e. The van der Waals surface area contributed by atoms with E-state index in [2.05, 4.69) is 286 Å². The van der Waals surface area contributed by atoms with Crippen LogP contribution in [0.3, 0.4) is 0 Å². The second-order valence-corrected chi connectivity index (χ2v) is 30.5. The van der Waals surface area contributed by atoms with Crippen LogP contribution >= 0.6 is 0 Å². The van der Waals surface area contributed by atoms with E-state index in [1.165, 1.54) is 128 Å². The van der Waals surface area contributed by atoms with E-state index in [0.717, 1.165) is 12.8 Å². The van der Waals surface area contributed by atoms with Gasteiger partial charge in [0.05, 0.1) is 5.69 Å². The molecule has 8 aromatic carbocycles. The minimum atomic E-state index is -0.250. The number of hydrogen-bond acceptors (Lipinski definition) is 2. The van der Waals surface area contributed by atoms with E-state index in [4.69, 9.17) is 0 Å². The zero-order chi connectivity index (χ0) is 56.1. The van der Waals surface area contributed by atoms with Crippen molar-refractivity contribution in [3.8, 4) is 22.3 Å². The first-order valence-electron chi connectivity index (χ1n) is 29.6. The van der Waals surface area contributed by atoms with E-state index < -0.39 is 0 Å². The van der Waals surface area contributed by atoms with Crippen LogP contribution < -0.4 is 26.2 Å². The Bertz CT molecular complexity index is 3870. The van der Waals surface area contributed by atoms with E-state index in [-0.39, 0.29) is 50.0 Å². The van der Waals surface area contributed by atoms with Gasteiger partial charge in [0.15, 0.2) is 0 Å². The van der Waals surface area contributed by atoms with E-state index in [9.17, 15) is 0 Å². The first-order valence-corrected chi connectivity index (χ1v) is 29.6. The Labute approximate surface area is 474 Å². The minimum absolute atomic E-state index is 0.00256. The third-order valence-electron chi connectivity index (χ3n) is 20.1. The van der Waals surface area contributed by atoms with Gasteiger partial charge in [-0.3, -0.25) is 0 Å². The van der Waals surface area contributed by atoms with Gasteiger partial charge in [0.25, 0.3) is 6.71 Å². The zero-order valence-corrected chi connectivity index (χ0v) is 50.8. The zero-order valence-electron chi connectivity index (χ0n) is 50.8. The second-order valence-electron chi connectivity index (χ2n) is 30.5. The summed E-state index contributed by atoms with van der Waals surface area (Å²) in [5, 5.41) is 0. The van der Waals surface area contributed by atoms with Crippen molar-refractivity contribution in [1.29, 1.82) is 0 Å². The normalized spacial score (nSPS) is 18.9. The van der Waals surface area contributed by atoms with Gasteiger partial charge in [0.2, 0.25) is 0 Å². The van der Waals surface area contributed by atoms with Crippen LogP contribution in [0.15, 0.2) is 152 Å². The Morgan fingerprint density at radius 2 is 0.861 bits per heavy atom. The van der Waals surface area contributed by atoms with Crippen LogP contribution in [-0.2, 0) is 43.3 Å². The molecule has 0 N–H and O–H groups in total. The number of anilines is 6. The molecule has 8 aromatic rings. The summed E-state index contributed by atoms with van der Waals surface area (Å²) in [6, 6.07) is 60.4. The summed E-state index contributed by atoms with van der Waals surface area (Å²) >= 11 is 0. The molecule has 0 saturated carbocycles. The maximum Gasteiger partial charge on any atom is 0.252 e. The van der Waals surface area contributed by atoms with Gasteiger partial charge in [-0.1, -0.05) is 234 Å². The van der Waals surface area contributed by atoms with Gasteiger partial charge >= 0.3 is 0 Å². The summed E-state index contributed by atoms with van der Waals surface area (Å²) < 4.78 is 0. The molecule has 0 amide bonds. The number of rotatable bonds is 4. The highest BCUT2D eigenvalue weighted by Crippen LogP contribution is 2.60. The Hall–Kier alpha value is -6.58. The monoisotopic (exact) mass is 1030 g/mol. The van der Waals surface area contributed by atoms with Crippen molar-refractivity contribution < 1.29 is 0 Å². The summed E-state index contributed by atoms with van der Waals surface area (Å²) in [4.78, 5) is 5.51.